The lowest BCUT2D eigenvalue weighted by molar-refractivity contribution is -0.133. The molecule has 10 heteroatoms. The van der Waals surface area contributed by atoms with E-state index in [-0.39, 0.29) is 6.29 Å². The number of aliphatic hydroxyl groups is 3. The van der Waals surface area contributed by atoms with Crippen LogP contribution in [0.4, 0.5) is 0 Å². The topological polar surface area (TPSA) is 151 Å². The molecule has 0 aromatic heterocycles. The Bertz CT molecular complexity index is 345. The molecule has 4 atom stereocenters. The van der Waals surface area contributed by atoms with Crippen LogP contribution in [0.2, 0.25) is 0 Å². The monoisotopic (exact) mass is 275 g/mol. The number of ether oxygens (including phenoxy) is 1. The number of aldehydes is 1. The summed E-state index contributed by atoms with van der Waals surface area (Å²) in [5.74, 6) is 0. The van der Waals surface area contributed by atoms with Crippen LogP contribution in [-0.2, 0) is 24.1 Å². The molecule has 0 radical (unpaired) electrons. The van der Waals surface area contributed by atoms with E-state index in [1.54, 1.807) is 0 Å². The second kappa shape index (κ2) is 6.96. The molecule has 0 fully saturated rings. The molecule has 0 aliphatic rings. The van der Waals surface area contributed by atoms with Crippen LogP contribution in [-0.4, -0.2) is 72.7 Å². The molecule has 0 amide bonds. The second-order valence-corrected chi connectivity index (χ2v) is 4.09. The van der Waals surface area contributed by atoms with E-state index in [9.17, 15) is 23.4 Å². The molecular formula is C7H14O9S. The van der Waals surface area contributed by atoms with E-state index < -0.39 is 48.5 Å². The molecule has 0 spiro atoms. The van der Waals surface area contributed by atoms with Gasteiger partial charge in [-0.05, 0) is 0 Å². The van der Waals surface area contributed by atoms with Crippen molar-refractivity contribution in [1.82, 2.24) is 0 Å². The maximum Gasteiger partial charge on any atom is 0.397 e. The van der Waals surface area contributed by atoms with Crippen LogP contribution in [0.3, 0.4) is 0 Å². The number of carbonyl (C=O) groups is 1. The Hall–Kier alpha value is -0.620. The number of hydrogen-bond acceptors (Lipinski definition) is 8. The maximum atomic E-state index is 10.5. The molecule has 0 aromatic rings. The van der Waals surface area contributed by atoms with Crippen LogP contribution in [0.15, 0.2) is 0 Å². The largest absolute Gasteiger partial charge is 0.397 e. The fourth-order valence-electron chi connectivity index (χ4n) is 0.979. The minimum Gasteiger partial charge on any atom is -0.388 e. The molecule has 0 aliphatic heterocycles. The quantitative estimate of drug-likeness (QED) is 0.270. The molecule has 0 saturated carbocycles. The molecule has 17 heavy (non-hydrogen) atoms. The highest BCUT2D eigenvalue weighted by atomic mass is 32.3. The van der Waals surface area contributed by atoms with Crippen molar-refractivity contribution >= 4 is 16.7 Å². The number of aliphatic hydroxyl groups excluding tert-OH is 3. The van der Waals surface area contributed by atoms with Gasteiger partial charge in [0.25, 0.3) is 0 Å². The van der Waals surface area contributed by atoms with Gasteiger partial charge in [0.2, 0.25) is 0 Å². The van der Waals surface area contributed by atoms with Crippen molar-refractivity contribution in [2.45, 2.75) is 24.4 Å². The zero-order valence-corrected chi connectivity index (χ0v) is 9.36. The summed E-state index contributed by atoms with van der Waals surface area (Å²) in [7, 11) is -5.58. The summed E-state index contributed by atoms with van der Waals surface area (Å²) in [5, 5.41) is 27.8. The van der Waals surface area contributed by atoms with Gasteiger partial charge in [0, 0.05) is 7.09 Å². The van der Waals surface area contributed by atoms with Crippen molar-refractivity contribution in [3.05, 3.63) is 0 Å². The van der Waals surface area contributed by atoms with E-state index in [4.69, 9.17) is 11.0 Å². The lowest BCUT2D eigenvalue weighted by atomic mass is 10.0. The van der Waals surface area contributed by atoms with Gasteiger partial charge in [-0.15, -0.1) is 0 Å². The summed E-state index contributed by atoms with van der Waals surface area (Å²) in [5.41, 5.74) is 0. The number of hydrogen-bond donors (Lipinski definition) is 4. The number of methoxy groups -OCH3 is 1. The summed E-state index contributed by atoms with van der Waals surface area (Å²) in [4.78, 5) is 10.2. The summed E-state index contributed by atoms with van der Waals surface area (Å²) in [6.07, 6.45) is -8.05. The third kappa shape index (κ3) is 6.02. The minimum atomic E-state index is -5.03. The van der Waals surface area contributed by atoms with E-state index in [1.807, 2.05) is 0 Å². The van der Waals surface area contributed by atoms with Gasteiger partial charge in [0.15, 0.2) is 6.29 Å². The Morgan fingerprint density at radius 2 is 2.00 bits per heavy atom. The average molecular weight is 275 g/mol. The second-order valence-electron chi connectivity index (χ2n) is 3.04. The van der Waals surface area contributed by atoms with E-state index >= 15 is 0 Å². The maximum absolute atomic E-state index is 10.5. The zero-order valence-electron chi connectivity index (χ0n) is 9.54. The standard InChI is InChI=1S/C7H14O9S/c1-15-3-5(10)7(16-17(12,13)14)6(11)4(9)2-8/h2,4-7,9-11H,3H2,1H3,(H,12,13,14)/t4-,5+,6+,7-/m0/s1/i1D. The molecule has 102 valence electrons. The molecule has 0 bridgehead atoms. The fraction of sp³-hybridized carbons (Fsp3) is 0.857. The minimum absolute atomic E-state index is 0.108. The Kier molecular flexibility index (Phi) is 5.91. The first-order valence-corrected chi connectivity index (χ1v) is 5.61. The molecule has 0 heterocycles. The molecule has 0 rings (SSSR count). The predicted molar refractivity (Wildman–Crippen MR) is 52.4 cm³/mol. The van der Waals surface area contributed by atoms with Crippen LogP contribution in [0.25, 0.3) is 0 Å². The Balaban J connectivity index is 4.86. The SMILES string of the molecule is [2H]COC[C@@H](O)[C@H](OS(=O)(=O)O)[C@H](O)[C@@H](O)C=O. The van der Waals surface area contributed by atoms with Crippen LogP contribution in [0.1, 0.15) is 1.37 Å². The lowest BCUT2D eigenvalue weighted by Gasteiger charge is -2.26. The van der Waals surface area contributed by atoms with E-state index in [2.05, 4.69) is 8.92 Å². The van der Waals surface area contributed by atoms with Gasteiger partial charge < -0.3 is 24.9 Å². The van der Waals surface area contributed by atoms with Gasteiger partial charge in [-0.1, -0.05) is 0 Å². The van der Waals surface area contributed by atoms with Gasteiger partial charge in [0.05, 0.1) is 7.98 Å². The van der Waals surface area contributed by atoms with Gasteiger partial charge in [-0.3, -0.25) is 4.55 Å². The Morgan fingerprint density at radius 1 is 1.41 bits per heavy atom. The summed E-state index contributed by atoms with van der Waals surface area (Å²) < 4.78 is 44.5. The average Bonchev–Trinajstić information content (AvgIpc) is 2.29. The van der Waals surface area contributed by atoms with Gasteiger partial charge in [-0.2, -0.15) is 8.42 Å². The highest BCUT2D eigenvalue weighted by molar-refractivity contribution is 7.80. The molecular weight excluding hydrogens is 260 g/mol. The van der Waals surface area contributed by atoms with Crippen molar-refractivity contribution in [2.24, 2.45) is 0 Å². The molecule has 0 saturated heterocycles. The van der Waals surface area contributed by atoms with Gasteiger partial charge in [-0.25, -0.2) is 4.18 Å². The summed E-state index contributed by atoms with van der Waals surface area (Å²) in [6.45, 7) is -0.605. The van der Waals surface area contributed by atoms with Crippen molar-refractivity contribution < 1.29 is 43.4 Å². The van der Waals surface area contributed by atoms with Gasteiger partial charge in [0.1, 0.15) is 24.4 Å². The van der Waals surface area contributed by atoms with Crippen LogP contribution < -0.4 is 0 Å². The molecule has 9 nitrogen and oxygen atoms in total. The normalized spacial score (nSPS) is 20.1. The Morgan fingerprint density at radius 3 is 2.41 bits per heavy atom. The van der Waals surface area contributed by atoms with Crippen molar-refractivity contribution in [1.29, 1.82) is 0 Å². The van der Waals surface area contributed by atoms with E-state index in [1.165, 1.54) is 0 Å². The highest BCUT2D eigenvalue weighted by Crippen LogP contribution is 2.12. The summed E-state index contributed by atoms with van der Waals surface area (Å²) >= 11 is 0. The molecule has 4 N–H and O–H groups in total. The smallest absolute Gasteiger partial charge is 0.388 e. The lowest BCUT2D eigenvalue weighted by Crippen LogP contribution is -2.49. The third-order valence-corrected chi connectivity index (χ3v) is 2.19. The van der Waals surface area contributed by atoms with Crippen LogP contribution in [0, 0.1) is 0 Å². The first-order chi connectivity index (χ1) is 8.22. The van der Waals surface area contributed by atoms with Crippen molar-refractivity contribution in [2.75, 3.05) is 13.7 Å². The van der Waals surface area contributed by atoms with Crippen molar-refractivity contribution in [3.8, 4) is 0 Å². The molecule has 0 aromatic carbocycles. The first-order valence-electron chi connectivity index (χ1n) is 4.95. The summed E-state index contributed by atoms with van der Waals surface area (Å²) in [6, 6.07) is 0. The van der Waals surface area contributed by atoms with Crippen LogP contribution in [0.5, 0.6) is 0 Å². The number of carbonyl (C=O) groups excluding carboxylic acids is 1. The van der Waals surface area contributed by atoms with E-state index in [0.717, 1.165) is 0 Å². The molecule has 0 aliphatic carbocycles. The fourth-order valence-corrected chi connectivity index (χ4v) is 1.50. The number of rotatable bonds is 8. The first kappa shape index (κ1) is 14.4. The highest BCUT2D eigenvalue weighted by Gasteiger charge is 2.36. The van der Waals surface area contributed by atoms with Gasteiger partial charge >= 0.3 is 10.4 Å². The van der Waals surface area contributed by atoms with E-state index in [0.29, 0.717) is 0 Å². The van der Waals surface area contributed by atoms with Crippen molar-refractivity contribution in [3.63, 3.8) is 0 Å². The zero-order chi connectivity index (χ0) is 14.3. The van der Waals surface area contributed by atoms with Crippen LogP contribution >= 0.6 is 0 Å². The predicted octanol–water partition coefficient (Wildman–Crippen LogP) is -2.90. The Labute approximate surface area is 98.9 Å². The third-order valence-electron chi connectivity index (χ3n) is 1.73. The molecule has 0 unspecified atom stereocenters.